The quantitative estimate of drug-likeness (QED) is 0.400. The summed E-state index contributed by atoms with van der Waals surface area (Å²) in [6.45, 7) is 1.75. The molecular weight excluding hydrogens is 359 g/mol. The maximum atomic E-state index is 13.1. The van der Waals surface area contributed by atoms with Crippen LogP contribution in [0.4, 0.5) is 4.39 Å². The van der Waals surface area contributed by atoms with Crippen molar-refractivity contribution in [2.45, 2.75) is 16.5 Å². The molecule has 10 heavy (non-hydrogen) atoms. The predicted molar refractivity (Wildman–Crippen MR) is 44.8 cm³/mol. The van der Waals surface area contributed by atoms with Gasteiger partial charge in [-0.25, -0.2) is 0 Å². The van der Waals surface area contributed by atoms with E-state index in [0.717, 1.165) is 13.0 Å². The summed E-state index contributed by atoms with van der Waals surface area (Å²) in [5.41, 5.74) is 0. The number of rotatable bonds is 1. The van der Waals surface area contributed by atoms with Crippen LogP contribution >= 0.6 is 18.6 Å². The second-order valence-corrected chi connectivity index (χ2v) is 7.89. The first-order chi connectivity index (χ1) is 4.74. The number of piperidine rings is 1. The van der Waals surface area contributed by atoms with Gasteiger partial charge in [0.1, 0.15) is 0 Å². The average Bonchev–Trinajstić information content (AvgIpc) is 1.88. The molecule has 0 saturated carbocycles. The predicted octanol–water partition coefficient (Wildman–Crippen LogP) is -1.53. The fourth-order valence-corrected chi connectivity index (χ4v) is 5.71. The van der Waals surface area contributed by atoms with E-state index < -0.39 is 6.17 Å². The molecule has 0 aliphatic carbocycles. The molecule has 0 bridgehead atoms. The van der Waals surface area contributed by atoms with Crippen LogP contribution in [-0.2, 0) is 0 Å². The molecule has 1 aliphatic rings. The first-order valence-corrected chi connectivity index (χ1v) is 10.8. The van der Waals surface area contributed by atoms with E-state index in [1.165, 1.54) is 0 Å². The minimum absolute atomic E-state index is 0.0949. The molecule has 2 atom stereocenters. The molecule has 1 fully saturated rings. The van der Waals surface area contributed by atoms with Crippen molar-refractivity contribution in [1.29, 1.82) is 0 Å². The van der Waals surface area contributed by atoms with Gasteiger partial charge in [0.25, 0.3) is 0 Å². The summed E-state index contributed by atoms with van der Waals surface area (Å²) in [6.07, 6.45) is 0.539. The third-order valence-electron chi connectivity index (χ3n) is 1.77. The fraction of sp³-hybridized carbons (Fsp3) is 1.00. The zero-order valence-electron chi connectivity index (χ0n) is 5.86. The van der Waals surface area contributed by atoms with Gasteiger partial charge in [-0.2, -0.15) is 0 Å². The summed E-state index contributed by atoms with van der Waals surface area (Å²) in [5, 5.41) is 0. The van der Waals surface area contributed by atoms with Gasteiger partial charge in [0.15, 0.2) is 0 Å². The molecule has 0 aromatic rings. The van der Waals surface area contributed by atoms with Crippen molar-refractivity contribution >= 4 is 18.6 Å². The molecular formula is C6H11FI2N-. The van der Waals surface area contributed by atoms with E-state index in [9.17, 15) is 4.39 Å². The Labute approximate surface area is 81.2 Å². The van der Waals surface area contributed by atoms with Crippen molar-refractivity contribution in [3.05, 3.63) is 0 Å². The van der Waals surface area contributed by atoms with Crippen LogP contribution in [-0.4, -0.2) is 35.1 Å². The normalized spacial score (nSPS) is 36.7. The second kappa shape index (κ2) is 4.39. The summed E-state index contributed by atoms with van der Waals surface area (Å²) in [4.78, 5) is 2.08. The van der Waals surface area contributed by atoms with Gasteiger partial charge < -0.3 is 0 Å². The molecule has 1 heterocycles. The molecule has 0 radical (unpaired) electrons. The zero-order chi connectivity index (χ0) is 7.56. The number of nitrogens with zero attached hydrogens (tertiary/aromatic N) is 1. The number of halogens is 3. The van der Waals surface area contributed by atoms with E-state index in [2.05, 4.69) is 23.5 Å². The molecule has 62 valence electrons. The van der Waals surface area contributed by atoms with Crippen LogP contribution in [0, 0.1) is 0 Å². The molecule has 0 amide bonds. The van der Waals surface area contributed by atoms with Crippen molar-refractivity contribution < 1.29 is 21.6 Å². The Balaban J connectivity index is 2.36. The monoisotopic (exact) mass is 370 g/mol. The molecule has 1 saturated heterocycles. The maximum absolute atomic E-state index is 13.1. The van der Waals surface area contributed by atoms with Gasteiger partial charge >= 0.3 is 81.8 Å². The summed E-state index contributed by atoms with van der Waals surface area (Å²) in [5.74, 6) is 0. The van der Waals surface area contributed by atoms with Crippen LogP contribution in [0.1, 0.15) is 6.42 Å². The van der Waals surface area contributed by atoms with E-state index in [1.54, 1.807) is 0 Å². The summed E-state index contributed by atoms with van der Waals surface area (Å²) in [7, 11) is 1.99. The van der Waals surface area contributed by atoms with Gasteiger partial charge in [0, 0.05) is 0 Å². The van der Waals surface area contributed by atoms with E-state index in [1.807, 2.05) is 7.05 Å². The Morgan fingerprint density at radius 2 is 2.40 bits per heavy atom. The molecule has 0 N–H and O–H groups in total. The van der Waals surface area contributed by atoms with Gasteiger partial charge in [0.05, 0.1) is 0 Å². The molecule has 1 unspecified atom stereocenters. The number of hydrogen-bond acceptors (Lipinski definition) is 1. The average molecular weight is 370 g/mol. The number of likely N-dealkylation sites (tertiary alicyclic amines) is 1. The molecule has 0 aromatic carbocycles. The Morgan fingerprint density at radius 3 is 2.90 bits per heavy atom. The molecule has 1 aliphatic heterocycles. The Hall–Kier alpha value is 1.35. The topological polar surface area (TPSA) is 3.24 Å². The number of hydrogen-bond donors (Lipinski definition) is 0. The molecule has 1 nitrogen and oxygen atoms in total. The Bertz CT molecular complexity index is 112. The van der Waals surface area contributed by atoms with E-state index in [0.29, 0.717) is 10.5 Å². The van der Waals surface area contributed by atoms with Gasteiger partial charge in [-0.3, -0.25) is 0 Å². The SMILES string of the molecule is CN1CCC([I-]I)[C@@H](F)C1. The van der Waals surface area contributed by atoms with Gasteiger partial charge in [-0.1, -0.05) is 0 Å². The third-order valence-corrected chi connectivity index (χ3v) is 7.84. The van der Waals surface area contributed by atoms with Crippen LogP contribution < -0.4 is 17.2 Å². The van der Waals surface area contributed by atoms with Crippen molar-refractivity contribution in [1.82, 2.24) is 4.90 Å². The zero-order valence-corrected chi connectivity index (χ0v) is 10.2. The van der Waals surface area contributed by atoms with Crippen LogP contribution in [0.5, 0.6) is 0 Å². The van der Waals surface area contributed by atoms with Crippen molar-refractivity contribution in [2.24, 2.45) is 0 Å². The molecule has 0 aromatic heterocycles. The standard InChI is InChI=1S/C6H11FI2N/c1-10-3-2-6(9-8)5(7)4-10/h5-6H,2-4H2,1H3/q-1/t5-,6?/m0/s1. The van der Waals surface area contributed by atoms with E-state index in [-0.39, 0.29) is 17.2 Å². The Kier molecular flexibility index (Phi) is 4.15. The van der Waals surface area contributed by atoms with Crippen LogP contribution in [0.2, 0.25) is 0 Å². The summed E-state index contributed by atoms with van der Waals surface area (Å²) in [6, 6.07) is 0. The summed E-state index contributed by atoms with van der Waals surface area (Å²) < 4.78 is 13.5. The Morgan fingerprint density at radius 1 is 1.70 bits per heavy atom. The van der Waals surface area contributed by atoms with Crippen molar-refractivity contribution in [2.75, 3.05) is 20.1 Å². The van der Waals surface area contributed by atoms with Crippen LogP contribution in [0.15, 0.2) is 0 Å². The molecule has 1 rings (SSSR count). The number of alkyl halides is 2. The van der Waals surface area contributed by atoms with E-state index in [4.69, 9.17) is 0 Å². The van der Waals surface area contributed by atoms with Crippen LogP contribution in [0.25, 0.3) is 0 Å². The first kappa shape index (κ1) is 9.44. The summed E-state index contributed by atoms with van der Waals surface area (Å²) >= 11 is 2.48. The molecule has 0 spiro atoms. The second-order valence-electron chi connectivity index (χ2n) is 2.67. The first-order valence-electron chi connectivity index (χ1n) is 3.31. The van der Waals surface area contributed by atoms with Crippen molar-refractivity contribution in [3.63, 3.8) is 0 Å². The minimum atomic E-state index is -0.538. The van der Waals surface area contributed by atoms with E-state index >= 15 is 0 Å². The van der Waals surface area contributed by atoms with Crippen molar-refractivity contribution in [3.8, 4) is 0 Å². The van der Waals surface area contributed by atoms with Crippen LogP contribution in [0.3, 0.4) is 0 Å². The third kappa shape index (κ3) is 2.44. The fourth-order valence-electron chi connectivity index (χ4n) is 1.12. The molecule has 4 heteroatoms. The van der Waals surface area contributed by atoms with Gasteiger partial charge in [0.2, 0.25) is 0 Å². The van der Waals surface area contributed by atoms with Gasteiger partial charge in [-0.05, 0) is 0 Å². The van der Waals surface area contributed by atoms with Gasteiger partial charge in [-0.15, -0.1) is 0 Å².